The van der Waals surface area contributed by atoms with Crippen LogP contribution in [0.3, 0.4) is 0 Å². The number of aliphatic carboxylic acids is 1. The van der Waals surface area contributed by atoms with E-state index in [-0.39, 0.29) is 36.8 Å². The summed E-state index contributed by atoms with van der Waals surface area (Å²) in [6.45, 7) is 4.48. The molecule has 2 atom stereocenters. The predicted octanol–water partition coefficient (Wildman–Crippen LogP) is -0.0943. The van der Waals surface area contributed by atoms with Gasteiger partial charge in [0, 0.05) is 38.6 Å². The number of aliphatic imine (C=N–C) groups is 1. The second-order valence-corrected chi connectivity index (χ2v) is 8.88. The lowest BCUT2D eigenvalue weighted by Gasteiger charge is -2.33. The fourth-order valence-corrected chi connectivity index (χ4v) is 3.98. The number of alkyl carbamates (subject to hydrolysis) is 1. The van der Waals surface area contributed by atoms with Gasteiger partial charge in [-0.15, -0.1) is 0 Å². The van der Waals surface area contributed by atoms with Crippen molar-refractivity contribution in [1.29, 1.82) is 0 Å². The summed E-state index contributed by atoms with van der Waals surface area (Å²) in [4.78, 5) is 54.9. The molecular weight excluding hydrogens is 468 g/mol. The van der Waals surface area contributed by atoms with Crippen LogP contribution in [-0.2, 0) is 25.7 Å². The molecule has 1 aromatic rings. The van der Waals surface area contributed by atoms with Gasteiger partial charge in [0.2, 0.25) is 11.8 Å². The number of carboxylic acids is 1. The number of likely N-dealkylation sites (tertiary alicyclic amines) is 1. The summed E-state index contributed by atoms with van der Waals surface area (Å²) >= 11 is 0. The number of ether oxygens (including phenoxy) is 1. The molecule has 2 aliphatic rings. The second-order valence-electron chi connectivity index (χ2n) is 8.88. The summed E-state index contributed by atoms with van der Waals surface area (Å²) in [6.07, 6.45) is 0.0822. The van der Waals surface area contributed by atoms with Gasteiger partial charge in [-0.2, -0.15) is 0 Å². The van der Waals surface area contributed by atoms with Gasteiger partial charge in [0.1, 0.15) is 12.6 Å². The van der Waals surface area contributed by atoms with E-state index in [4.69, 9.17) is 4.74 Å². The molecule has 0 aliphatic carbocycles. The minimum atomic E-state index is -1.33. The first kappa shape index (κ1) is 26.8. The van der Waals surface area contributed by atoms with E-state index in [1.165, 1.54) is 0 Å². The second kappa shape index (κ2) is 13.3. The molecule has 0 aromatic heterocycles. The number of carboxylic acid groups (broad SMARTS) is 1. The molecule has 1 aromatic carbocycles. The third kappa shape index (κ3) is 8.14. The number of hydrogen-bond acceptors (Lipinski definition) is 8. The van der Waals surface area contributed by atoms with Gasteiger partial charge in [0.15, 0.2) is 5.96 Å². The lowest BCUT2D eigenvalue weighted by molar-refractivity contribution is -0.140. The molecule has 0 bridgehead atoms. The minimum Gasteiger partial charge on any atom is -0.480 e. The third-order valence-electron chi connectivity index (χ3n) is 6.13. The molecule has 0 radical (unpaired) electrons. The standard InChI is InChI=1S/C24H34N6O6/c1-16(13-28-23-25-9-10-26-23)21(32)30-11-7-18(8-12-30)20(31)27-14-19(22(33)34)29-24(35)36-15-17-5-3-2-4-6-17/h2-6,16,18-19H,7-15H2,1H3,(H,27,31)(H,29,35)(H,33,34)(H2,25,26,28). The van der Waals surface area contributed by atoms with Crippen LogP contribution < -0.4 is 21.3 Å². The highest BCUT2D eigenvalue weighted by Gasteiger charge is 2.30. The van der Waals surface area contributed by atoms with E-state index in [1.807, 2.05) is 13.0 Å². The molecule has 36 heavy (non-hydrogen) atoms. The zero-order chi connectivity index (χ0) is 25.9. The number of carbonyl (C=O) groups excluding carboxylic acids is 3. The Morgan fingerprint density at radius 2 is 1.89 bits per heavy atom. The number of carbonyl (C=O) groups is 4. The average Bonchev–Trinajstić information content (AvgIpc) is 3.42. The summed E-state index contributed by atoms with van der Waals surface area (Å²) in [6, 6.07) is 7.66. The number of piperidine rings is 1. The molecule has 1 saturated heterocycles. The van der Waals surface area contributed by atoms with E-state index in [2.05, 4.69) is 26.3 Å². The van der Waals surface area contributed by atoms with Crippen LogP contribution >= 0.6 is 0 Å². The molecule has 2 aliphatic heterocycles. The van der Waals surface area contributed by atoms with E-state index in [9.17, 15) is 24.3 Å². The number of hydrogen-bond donors (Lipinski definition) is 5. The van der Waals surface area contributed by atoms with Crippen LogP contribution in [0.25, 0.3) is 0 Å². The molecule has 2 unspecified atom stereocenters. The molecule has 2 heterocycles. The number of benzene rings is 1. The molecule has 1 fully saturated rings. The Hall–Kier alpha value is -3.83. The van der Waals surface area contributed by atoms with Crippen molar-refractivity contribution in [3.05, 3.63) is 35.9 Å². The number of amides is 3. The normalized spacial score (nSPS) is 17.2. The lowest BCUT2D eigenvalue weighted by atomic mass is 9.95. The van der Waals surface area contributed by atoms with Crippen LogP contribution in [-0.4, -0.2) is 85.2 Å². The molecule has 0 spiro atoms. The van der Waals surface area contributed by atoms with Gasteiger partial charge in [0.25, 0.3) is 0 Å². The van der Waals surface area contributed by atoms with E-state index >= 15 is 0 Å². The fraction of sp³-hybridized carbons (Fsp3) is 0.542. The first-order valence-corrected chi connectivity index (χ1v) is 12.1. The maximum absolute atomic E-state index is 12.7. The maximum Gasteiger partial charge on any atom is 0.408 e. The average molecular weight is 503 g/mol. The van der Waals surface area contributed by atoms with Crippen molar-refractivity contribution in [2.24, 2.45) is 16.8 Å². The summed E-state index contributed by atoms with van der Waals surface area (Å²) in [5.41, 5.74) is 0.767. The summed E-state index contributed by atoms with van der Waals surface area (Å²) in [5, 5.41) is 20.5. The molecular formula is C24H34N6O6. The Morgan fingerprint density at radius 3 is 2.53 bits per heavy atom. The highest BCUT2D eigenvalue weighted by molar-refractivity contribution is 5.84. The molecule has 5 N–H and O–H groups in total. The number of rotatable bonds is 10. The van der Waals surface area contributed by atoms with Gasteiger partial charge < -0.3 is 36.0 Å². The van der Waals surface area contributed by atoms with Gasteiger partial charge in [-0.3, -0.25) is 14.6 Å². The first-order chi connectivity index (χ1) is 17.3. The van der Waals surface area contributed by atoms with E-state index < -0.39 is 18.1 Å². The molecule has 3 rings (SSSR count). The van der Waals surface area contributed by atoms with Crippen molar-refractivity contribution in [2.75, 3.05) is 39.3 Å². The van der Waals surface area contributed by atoms with Crippen LogP contribution in [0.1, 0.15) is 25.3 Å². The first-order valence-electron chi connectivity index (χ1n) is 12.1. The number of nitrogens with one attached hydrogen (secondary N) is 4. The van der Waals surface area contributed by atoms with Gasteiger partial charge in [-0.1, -0.05) is 37.3 Å². The van der Waals surface area contributed by atoms with Crippen LogP contribution in [0, 0.1) is 11.8 Å². The van der Waals surface area contributed by atoms with E-state index in [0.717, 1.165) is 18.7 Å². The summed E-state index contributed by atoms with van der Waals surface area (Å²) in [5.74, 6) is -1.42. The molecule has 3 amide bonds. The Balaban J connectivity index is 1.37. The van der Waals surface area contributed by atoms with Crippen molar-refractivity contribution in [1.82, 2.24) is 26.2 Å². The SMILES string of the molecule is CC(CNC1=NCCN1)C(=O)N1CCC(C(=O)NCC(NC(=O)OCc2ccccc2)C(=O)O)CC1. The maximum atomic E-state index is 12.7. The highest BCUT2D eigenvalue weighted by atomic mass is 16.5. The zero-order valence-electron chi connectivity index (χ0n) is 20.4. The monoisotopic (exact) mass is 502 g/mol. The molecule has 0 saturated carbocycles. The zero-order valence-corrected chi connectivity index (χ0v) is 20.4. The van der Waals surface area contributed by atoms with Crippen molar-refractivity contribution in [2.45, 2.75) is 32.4 Å². The van der Waals surface area contributed by atoms with Gasteiger partial charge in [-0.05, 0) is 18.4 Å². The van der Waals surface area contributed by atoms with Crippen molar-refractivity contribution in [3.8, 4) is 0 Å². The Kier molecular flexibility index (Phi) is 9.90. The lowest BCUT2D eigenvalue weighted by Crippen LogP contribution is -2.51. The van der Waals surface area contributed by atoms with Crippen molar-refractivity contribution < 1.29 is 29.0 Å². The number of nitrogens with zero attached hydrogens (tertiary/aromatic N) is 2. The van der Waals surface area contributed by atoms with Crippen LogP contribution in [0.5, 0.6) is 0 Å². The van der Waals surface area contributed by atoms with Gasteiger partial charge >= 0.3 is 12.1 Å². The van der Waals surface area contributed by atoms with Crippen LogP contribution in [0.15, 0.2) is 35.3 Å². The van der Waals surface area contributed by atoms with E-state index in [0.29, 0.717) is 38.4 Å². The summed E-state index contributed by atoms with van der Waals surface area (Å²) < 4.78 is 5.05. The highest BCUT2D eigenvalue weighted by Crippen LogP contribution is 2.19. The molecule has 12 heteroatoms. The largest absolute Gasteiger partial charge is 0.480 e. The third-order valence-corrected chi connectivity index (χ3v) is 6.13. The minimum absolute atomic E-state index is 0.00296. The quantitative estimate of drug-likeness (QED) is 0.296. The Labute approximate surface area is 209 Å². The van der Waals surface area contributed by atoms with Crippen molar-refractivity contribution >= 4 is 29.8 Å². The Morgan fingerprint density at radius 1 is 1.17 bits per heavy atom. The number of guanidine groups is 1. The topological polar surface area (TPSA) is 161 Å². The Bertz CT molecular complexity index is 948. The van der Waals surface area contributed by atoms with Gasteiger partial charge in [-0.25, -0.2) is 9.59 Å². The molecule has 12 nitrogen and oxygen atoms in total. The van der Waals surface area contributed by atoms with Gasteiger partial charge in [0.05, 0.1) is 12.5 Å². The summed E-state index contributed by atoms with van der Waals surface area (Å²) in [7, 11) is 0. The molecule has 196 valence electrons. The smallest absolute Gasteiger partial charge is 0.408 e. The fourth-order valence-electron chi connectivity index (χ4n) is 3.98. The van der Waals surface area contributed by atoms with Crippen LogP contribution in [0.4, 0.5) is 4.79 Å². The van der Waals surface area contributed by atoms with E-state index in [1.54, 1.807) is 29.2 Å². The van der Waals surface area contributed by atoms with Crippen molar-refractivity contribution in [3.63, 3.8) is 0 Å². The van der Waals surface area contributed by atoms with Crippen LogP contribution in [0.2, 0.25) is 0 Å². The predicted molar refractivity (Wildman–Crippen MR) is 131 cm³/mol.